The molecule has 188 valence electrons. The maximum absolute atomic E-state index is 13.0. The molecule has 0 spiro atoms. The van der Waals surface area contributed by atoms with Crippen LogP contribution in [-0.4, -0.2) is 36.5 Å². The molecule has 2 unspecified atom stereocenters. The molecule has 1 aromatic carbocycles. The van der Waals surface area contributed by atoms with Crippen molar-refractivity contribution in [2.75, 3.05) is 19.6 Å². The maximum Gasteiger partial charge on any atom is 0.340 e. The molecule has 0 aliphatic carbocycles. The van der Waals surface area contributed by atoms with Crippen molar-refractivity contribution in [2.24, 2.45) is 5.92 Å². The third kappa shape index (κ3) is 4.42. The number of benzene rings is 1. The van der Waals surface area contributed by atoms with Gasteiger partial charge in [0, 0.05) is 34.5 Å². The molecule has 2 fully saturated rings. The number of furan rings is 1. The van der Waals surface area contributed by atoms with Gasteiger partial charge in [0.05, 0.1) is 18.2 Å². The van der Waals surface area contributed by atoms with Crippen molar-refractivity contribution in [1.82, 2.24) is 10.2 Å². The first-order valence-electron chi connectivity index (χ1n) is 13.1. The number of fused-ring (bicyclic) bond motifs is 3. The summed E-state index contributed by atoms with van der Waals surface area (Å²) in [5.41, 5.74) is 3.96. The van der Waals surface area contributed by atoms with Gasteiger partial charge in [-0.1, -0.05) is 27.2 Å². The number of amides is 1. The van der Waals surface area contributed by atoms with Crippen molar-refractivity contribution >= 4 is 27.8 Å². The molecule has 6 heteroatoms. The van der Waals surface area contributed by atoms with E-state index >= 15 is 0 Å². The molecule has 1 amide bonds. The van der Waals surface area contributed by atoms with E-state index in [9.17, 15) is 9.59 Å². The number of hydrogen-bond acceptors (Lipinski definition) is 5. The predicted octanol–water partition coefficient (Wildman–Crippen LogP) is 5.38. The summed E-state index contributed by atoms with van der Waals surface area (Å²) in [6.45, 7) is 13.4. The topological polar surface area (TPSA) is 75.7 Å². The van der Waals surface area contributed by atoms with Crippen LogP contribution in [0.1, 0.15) is 75.1 Å². The number of nitrogens with one attached hydrogen (secondary N) is 1. The standard InChI is InChI=1S/C29H38N2O4/c1-17-20-13-22-23(29(3,4)5)16-34-26(22)18(2)27(20)35-28(33)21(17)14-25(32)30-15-19-9-8-12-31-11-7-6-10-24(19)31/h13,16,19,24H,6-12,14-15H2,1-5H3,(H,30,32). The van der Waals surface area contributed by atoms with Gasteiger partial charge in [0.1, 0.15) is 11.2 Å². The molecule has 35 heavy (non-hydrogen) atoms. The molecular formula is C29H38N2O4. The quantitative estimate of drug-likeness (QED) is 0.510. The number of rotatable bonds is 4. The second-order valence-electron chi connectivity index (χ2n) is 11.6. The molecule has 0 radical (unpaired) electrons. The van der Waals surface area contributed by atoms with E-state index in [0.717, 1.165) is 39.5 Å². The molecule has 1 N–H and O–H groups in total. The minimum Gasteiger partial charge on any atom is -0.464 e. The molecule has 4 heterocycles. The number of carbonyl (C=O) groups excluding carboxylic acids is 1. The molecule has 3 aromatic rings. The fourth-order valence-corrected chi connectivity index (χ4v) is 6.26. The average molecular weight is 479 g/mol. The third-order valence-corrected chi connectivity index (χ3v) is 8.28. The normalized spacial score (nSPS) is 21.4. The Morgan fingerprint density at radius 1 is 1.06 bits per heavy atom. The van der Waals surface area contributed by atoms with Crippen LogP contribution in [-0.2, 0) is 16.6 Å². The zero-order chi connectivity index (χ0) is 24.9. The fourth-order valence-electron chi connectivity index (χ4n) is 6.26. The highest BCUT2D eigenvalue weighted by molar-refractivity contribution is 6.00. The molecule has 2 aromatic heterocycles. The van der Waals surface area contributed by atoms with Crippen molar-refractivity contribution in [1.29, 1.82) is 0 Å². The monoisotopic (exact) mass is 478 g/mol. The van der Waals surface area contributed by atoms with E-state index in [1.807, 2.05) is 13.8 Å². The van der Waals surface area contributed by atoms with E-state index in [-0.39, 0.29) is 17.7 Å². The summed E-state index contributed by atoms with van der Waals surface area (Å²) in [5, 5.41) is 5.04. The first kappa shape index (κ1) is 24.1. The van der Waals surface area contributed by atoms with Gasteiger partial charge in [-0.25, -0.2) is 4.79 Å². The molecule has 6 nitrogen and oxygen atoms in total. The van der Waals surface area contributed by atoms with E-state index in [1.165, 1.54) is 38.8 Å². The average Bonchev–Trinajstić information content (AvgIpc) is 3.26. The van der Waals surface area contributed by atoms with Gasteiger partial charge >= 0.3 is 5.63 Å². The lowest BCUT2D eigenvalue weighted by Crippen LogP contribution is -2.51. The number of aryl methyl sites for hydroxylation is 2. The van der Waals surface area contributed by atoms with Gasteiger partial charge in [-0.3, -0.25) is 4.79 Å². The number of hydrogen-bond donors (Lipinski definition) is 1. The number of nitrogens with zero attached hydrogens (tertiary/aromatic N) is 1. The summed E-state index contributed by atoms with van der Waals surface area (Å²) in [4.78, 5) is 28.5. The lowest BCUT2D eigenvalue weighted by molar-refractivity contribution is -0.120. The summed E-state index contributed by atoms with van der Waals surface area (Å²) in [6.07, 6.45) is 8.00. The highest BCUT2D eigenvalue weighted by atomic mass is 16.4. The summed E-state index contributed by atoms with van der Waals surface area (Å²) in [5.74, 6) is 0.388. The highest BCUT2D eigenvalue weighted by Gasteiger charge is 2.33. The van der Waals surface area contributed by atoms with Gasteiger partial charge in [-0.15, -0.1) is 0 Å². The summed E-state index contributed by atoms with van der Waals surface area (Å²) in [7, 11) is 0. The largest absolute Gasteiger partial charge is 0.464 e. The van der Waals surface area contributed by atoms with Crippen molar-refractivity contribution in [3.8, 4) is 0 Å². The van der Waals surface area contributed by atoms with Crippen molar-refractivity contribution in [3.05, 3.63) is 45.0 Å². The highest BCUT2D eigenvalue weighted by Crippen LogP contribution is 2.37. The van der Waals surface area contributed by atoms with Gasteiger partial charge in [-0.05, 0) is 75.6 Å². The van der Waals surface area contributed by atoms with Crippen LogP contribution < -0.4 is 10.9 Å². The Morgan fingerprint density at radius 2 is 1.83 bits per heavy atom. The number of piperidine rings is 2. The Balaban J connectivity index is 1.40. The minimum atomic E-state index is -0.439. The first-order valence-corrected chi connectivity index (χ1v) is 13.1. The van der Waals surface area contributed by atoms with Crippen LogP contribution in [0.15, 0.2) is 26.0 Å². The van der Waals surface area contributed by atoms with Crippen LogP contribution in [0, 0.1) is 19.8 Å². The van der Waals surface area contributed by atoms with Crippen LogP contribution in [0.25, 0.3) is 21.9 Å². The zero-order valence-corrected chi connectivity index (χ0v) is 21.8. The second kappa shape index (κ2) is 9.12. The smallest absolute Gasteiger partial charge is 0.340 e. The molecule has 2 atom stereocenters. The Hall–Kier alpha value is -2.60. The van der Waals surface area contributed by atoms with E-state index in [0.29, 0.717) is 29.7 Å². The van der Waals surface area contributed by atoms with Crippen LogP contribution in [0.2, 0.25) is 0 Å². The van der Waals surface area contributed by atoms with Crippen LogP contribution in [0.3, 0.4) is 0 Å². The van der Waals surface area contributed by atoms with Crippen LogP contribution in [0.4, 0.5) is 0 Å². The summed E-state index contributed by atoms with van der Waals surface area (Å²) >= 11 is 0. The maximum atomic E-state index is 13.0. The van der Waals surface area contributed by atoms with Gasteiger partial charge in [0.2, 0.25) is 5.91 Å². The Kier molecular flexibility index (Phi) is 6.28. The molecular weight excluding hydrogens is 440 g/mol. The second-order valence-corrected chi connectivity index (χ2v) is 11.6. The summed E-state index contributed by atoms with van der Waals surface area (Å²) in [6, 6.07) is 2.64. The molecule has 0 bridgehead atoms. The summed E-state index contributed by atoms with van der Waals surface area (Å²) < 4.78 is 11.7. The predicted molar refractivity (Wildman–Crippen MR) is 139 cm³/mol. The Labute approximate surface area is 207 Å². The van der Waals surface area contributed by atoms with Crippen LogP contribution >= 0.6 is 0 Å². The lowest BCUT2D eigenvalue weighted by Gasteiger charge is -2.44. The fraction of sp³-hybridized carbons (Fsp3) is 0.586. The molecule has 2 saturated heterocycles. The van der Waals surface area contributed by atoms with E-state index in [2.05, 4.69) is 37.1 Å². The van der Waals surface area contributed by atoms with Gasteiger partial charge in [0.15, 0.2) is 0 Å². The Bertz CT molecular complexity index is 1320. The third-order valence-electron chi connectivity index (χ3n) is 8.28. The molecule has 2 aliphatic heterocycles. The SMILES string of the molecule is Cc1c(CC(=O)NCC2CCCN3CCCCC23)c(=O)oc2c(C)c3occ(C(C)(C)C)c3cc12. The zero-order valence-electron chi connectivity index (χ0n) is 21.8. The van der Waals surface area contributed by atoms with E-state index < -0.39 is 5.63 Å². The van der Waals surface area contributed by atoms with Crippen LogP contribution in [0.5, 0.6) is 0 Å². The first-order chi connectivity index (χ1) is 16.6. The van der Waals surface area contributed by atoms with Crippen molar-refractivity contribution < 1.29 is 13.6 Å². The van der Waals surface area contributed by atoms with Gasteiger partial charge in [-0.2, -0.15) is 0 Å². The van der Waals surface area contributed by atoms with E-state index in [1.54, 1.807) is 6.26 Å². The molecule has 5 rings (SSSR count). The van der Waals surface area contributed by atoms with Gasteiger partial charge in [0.25, 0.3) is 0 Å². The van der Waals surface area contributed by atoms with Crippen molar-refractivity contribution in [3.63, 3.8) is 0 Å². The molecule has 0 saturated carbocycles. The van der Waals surface area contributed by atoms with Gasteiger partial charge < -0.3 is 19.1 Å². The lowest BCUT2D eigenvalue weighted by atomic mass is 9.83. The Morgan fingerprint density at radius 3 is 2.60 bits per heavy atom. The van der Waals surface area contributed by atoms with E-state index in [4.69, 9.17) is 8.83 Å². The number of carbonyl (C=O) groups is 1. The van der Waals surface area contributed by atoms with Crippen molar-refractivity contribution in [2.45, 2.75) is 84.6 Å². The molecule has 2 aliphatic rings. The minimum absolute atomic E-state index is 0.0415.